The minimum Gasteiger partial charge on any atom is -0.298 e. The first-order valence-corrected chi connectivity index (χ1v) is 4.76. The highest BCUT2D eigenvalue weighted by molar-refractivity contribution is 5.82. The van der Waals surface area contributed by atoms with Crippen LogP contribution in [0.5, 0.6) is 0 Å². The molecule has 0 amide bonds. The monoisotopic (exact) mass is 165 g/mol. The second-order valence-electron chi connectivity index (χ2n) is 3.75. The number of Topliss-reactive ketones (excluding diaryl/α,β-unsaturated/α-hetero) is 1. The minimum absolute atomic E-state index is 0.411. The van der Waals surface area contributed by atoms with Crippen molar-refractivity contribution in [3.05, 3.63) is 11.6 Å². The molecule has 1 heterocycles. The van der Waals surface area contributed by atoms with Crippen molar-refractivity contribution in [3.63, 3.8) is 0 Å². The smallest absolute Gasteiger partial charge is 0.148 e. The summed E-state index contributed by atoms with van der Waals surface area (Å²) in [6.07, 6.45) is 6.93. The van der Waals surface area contributed by atoms with Crippen LogP contribution in [-0.2, 0) is 4.79 Å². The standard InChI is InChI=1S/C10H15NO/c12-10-5-6-11(8-10)7-9-3-1-2-4-9/h3H,1-2,4-8H2. The Kier molecular flexibility index (Phi) is 2.26. The number of ketones is 1. The number of carbonyl (C=O) groups excluding carboxylic acids is 1. The van der Waals surface area contributed by atoms with E-state index in [0.717, 1.165) is 19.5 Å². The Labute approximate surface area is 73.2 Å². The second kappa shape index (κ2) is 3.40. The van der Waals surface area contributed by atoms with Crippen LogP contribution in [0.15, 0.2) is 11.6 Å². The zero-order valence-corrected chi connectivity index (χ0v) is 7.38. The first-order chi connectivity index (χ1) is 5.84. The zero-order chi connectivity index (χ0) is 8.39. The molecule has 0 radical (unpaired) electrons. The van der Waals surface area contributed by atoms with Gasteiger partial charge in [0.25, 0.3) is 0 Å². The molecule has 12 heavy (non-hydrogen) atoms. The molecule has 0 saturated carbocycles. The van der Waals surface area contributed by atoms with E-state index < -0.39 is 0 Å². The van der Waals surface area contributed by atoms with E-state index in [2.05, 4.69) is 11.0 Å². The van der Waals surface area contributed by atoms with E-state index in [0.29, 0.717) is 12.3 Å². The summed E-state index contributed by atoms with van der Waals surface area (Å²) >= 11 is 0. The average Bonchev–Trinajstić information content (AvgIpc) is 2.63. The van der Waals surface area contributed by atoms with Gasteiger partial charge >= 0.3 is 0 Å². The molecule has 1 saturated heterocycles. The Bertz CT molecular complexity index is 220. The lowest BCUT2D eigenvalue weighted by molar-refractivity contribution is -0.116. The maximum atomic E-state index is 11.0. The van der Waals surface area contributed by atoms with Gasteiger partial charge in [-0.05, 0) is 19.3 Å². The summed E-state index contributed by atoms with van der Waals surface area (Å²) in [6, 6.07) is 0. The van der Waals surface area contributed by atoms with Crippen molar-refractivity contribution >= 4 is 5.78 Å². The molecule has 0 unspecified atom stereocenters. The number of hydrogen-bond acceptors (Lipinski definition) is 2. The first kappa shape index (κ1) is 7.99. The van der Waals surface area contributed by atoms with E-state index in [4.69, 9.17) is 0 Å². The number of likely N-dealkylation sites (tertiary alicyclic amines) is 1. The molecular formula is C10H15NO. The number of allylic oxidation sites excluding steroid dienone is 1. The zero-order valence-electron chi connectivity index (χ0n) is 7.38. The molecule has 0 spiro atoms. The number of carbonyl (C=O) groups is 1. The third-order valence-electron chi connectivity index (χ3n) is 2.67. The van der Waals surface area contributed by atoms with Crippen LogP contribution in [0.25, 0.3) is 0 Å². The highest BCUT2D eigenvalue weighted by atomic mass is 16.1. The van der Waals surface area contributed by atoms with Gasteiger partial charge in [0.1, 0.15) is 5.78 Å². The van der Waals surface area contributed by atoms with Gasteiger partial charge in [-0.15, -0.1) is 0 Å². The molecule has 0 atom stereocenters. The van der Waals surface area contributed by atoms with E-state index >= 15 is 0 Å². The summed E-state index contributed by atoms with van der Waals surface area (Å²) < 4.78 is 0. The van der Waals surface area contributed by atoms with E-state index in [1.165, 1.54) is 19.3 Å². The summed E-state index contributed by atoms with van der Waals surface area (Å²) in [5, 5.41) is 0. The Morgan fingerprint density at radius 1 is 1.42 bits per heavy atom. The fourth-order valence-electron chi connectivity index (χ4n) is 1.99. The molecule has 0 N–H and O–H groups in total. The lowest BCUT2D eigenvalue weighted by atomic mass is 10.2. The third-order valence-corrected chi connectivity index (χ3v) is 2.67. The van der Waals surface area contributed by atoms with E-state index in [-0.39, 0.29) is 0 Å². The van der Waals surface area contributed by atoms with Gasteiger partial charge in [0, 0.05) is 19.5 Å². The molecule has 2 nitrogen and oxygen atoms in total. The highest BCUT2D eigenvalue weighted by Gasteiger charge is 2.20. The van der Waals surface area contributed by atoms with Gasteiger partial charge < -0.3 is 0 Å². The molecule has 0 aromatic heterocycles. The molecule has 0 aromatic carbocycles. The molecule has 66 valence electrons. The van der Waals surface area contributed by atoms with Gasteiger partial charge in [0.05, 0.1) is 6.54 Å². The van der Waals surface area contributed by atoms with Crippen LogP contribution < -0.4 is 0 Å². The van der Waals surface area contributed by atoms with Crippen LogP contribution >= 0.6 is 0 Å². The van der Waals surface area contributed by atoms with Gasteiger partial charge in [0.2, 0.25) is 0 Å². The van der Waals surface area contributed by atoms with Crippen molar-refractivity contribution in [1.82, 2.24) is 4.90 Å². The van der Waals surface area contributed by atoms with Crippen LogP contribution in [0.4, 0.5) is 0 Å². The summed E-state index contributed by atoms with van der Waals surface area (Å²) in [5.41, 5.74) is 1.55. The van der Waals surface area contributed by atoms with Crippen LogP contribution in [0.1, 0.15) is 25.7 Å². The van der Waals surface area contributed by atoms with Crippen molar-refractivity contribution in [2.45, 2.75) is 25.7 Å². The van der Waals surface area contributed by atoms with Crippen LogP contribution in [0.2, 0.25) is 0 Å². The molecule has 1 aliphatic heterocycles. The maximum Gasteiger partial charge on any atom is 0.148 e. The number of rotatable bonds is 2. The van der Waals surface area contributed by atoms with Gasteiger partial charge in [-0.3, -0.25) is 9.69 Å². The Hall–Kier alpha value is -0.630. The minimum atomic E-state index is 0.411. The van der Waals surface area contributed by atoms with Gasteiger partial charge in [0.15, 0.2) is 0 Å². The predicted octanol–water partition coefficient (Wildman–Crippen LogP) is 1.37. The summed E-state index contributed by atoms with van der Waals surface area (Å²) in [7, 11) is 0. The van der Waals surface area contributed by atoms with Crippen molar-refractivity contribution in [3.8, 4) is 0 Å². The summed E-state index contributed by atoms with van der Waals surface area (Å²) in [6.45, 7) is 2.72. The van der Waals surface area contributed by atoms with Gasteiger partial charge in [-0.1, -0.05) is 11.6 Å². The fraction of sp³-hybridized carbons (Fsp3) is 0.700. The van der Waals surface area contributed by atoms with Gasteiger partial charge in [-0.25, -0.2) is 0 Å². The van der Waals surface area contributed by atoms with Crippen molar-refractivity contribution in [2.75, 3.05) is 19.6 Å². The Morgan fingerprint density at radius 2 is 2.33 bits per heavy atom. The van der Waals surface area contributed by atoms with Crippen LogP contribution in [0.3, 0.4) is 0 Å². The first-order valence-electron chi connectivity index (χ1n) is 4.76. The van der Waals surface area contributed by atoms with E-state index in [9.17, 15) is 4.79 Å². The summed E-state index contributed by atoms with van der Waals surface area (Å²) in [5.74, 6) is 0.411. The predicted molar refractivity (Wildman–Crippen MR) is 48.0 cm³/mol. The van der Waals surface area contributed by atoms with E-state index in [1.807, 2.05) is 0 Å². The Balaban J connectivity index is 1.83. The van der Waals surface area contributed by atoms with Crippen LogP contribution in [0, 0.1) is 0 Å². The third kappa shape index (κ3) is 1.75. The summed E-state index contributed by atoms with van der Waals surface area (Å²) in [4.78, 5) is 13.2. The second-order valence-corrected chi connectivity index (χ2v) is 3.75. The normalized spacial score (nSPS) is 25.0. The van der Waals surface area contributed by atoms with E-state index in [1.54, 1.807) is 5.57 Å². The maximum absolute atomic E-state index is 11.0. The Morgan fingerprint density at radius 3 is 2.92 bits per heavy atom. The SMILES string of the molecule is O=C1CCN(CC2=CCCC2)C1. The molecule has 1 fully saturated rings. The van der Waals surface area contributed by atoms with Crippen molar-refractivity contribution < 1.29 is 4.79 Å². The van der Waals surface area contributed by atoms with Crippen molar-refractivity contribution in [2.24, 2.45) is 0 Å². The lowest BCUT2D eigenvalue weighted by Gasteiger charge is -2.13. The topological polar surface area (TPSA) is 20.3 Å². The fourth-order valence-corrected chi connectivity index (χ4v) is 1.99. The molecule has 0 aromatic rings. The van der Waals surface area contributed by atoms with Crippen LogP contribution in [-0.4, -0.2) is 30.3 Å². The average molecular weight is 165 g/mol. The lowest BCUT2D eigenvalue weighted by Crippen LogP contribution is -2.22. The highest BCUT2D eigenvalue weighted by Crippen LogP contribution is 2.19. The number of hydrogen-bond donors (Lipinski definition) is 0. The molecule has 1 aliphatic carbocycles. The molecule has 0 bridgehead atoms. The molecule has 2 aliphatic rings. The largest absolute Gasteiger partial charge is 0.298 e. The quantitative estimate of drug-likeness (QED) is 0.576. The van der Waals surface area contributed by atoms with Gasteiger partial charge in [-0.2, -0.15) is 0 Å². The van der Waals surface area contributed by atoms with Crippen molar-refractivity contribution in [1.29, 1.82) is 0 Å². The molecule has 2 heteroatoms. The number of nitrogens with zero attached hydrogens (tertiary/aromatic N) is 1. The molecular weight excluding hydrogens is 150 g/mol. The molecule has 2 rings (SSSR count).